The molecule has 1 unspecified atom stereocenters. The second-order valence-electron chi connectivity index (χ2n) is 3.13. The van der Waals surface area contributed by atoms with Gasteiger partial charge in [0.05, 0.1) is 31.7 Å². The van der Waals surface area contributed by atoms with Crippen LogP contribution < -0.4 is 4.74 Å². The van der Waals surface area contributed by atoms with Crippen molar-refractivity contribution in [2.24, 2.45) is 0 Å². The molecule has 13 heavy (non-hydrogen) atoms. The van der Waals surface area contributed by atoms with Gasteiger partial charge in [-0.05, 0) is 6.92 Å². The maximum absolute atomic E-state index is 5.22. The third-order valence-electron chi connectivity index (χ3n) is 2.25. The molecule has 4 nitrogen and oxygen atoms in total. The summed E-state index contributed by atoms with van der Waals surface area (Å²) in [5.74, 6) is 0.873. The number of aromatic nitrogens is 2. The number of hydrogen-bond acceptors (Lipinski definition) is 3. The molecule has 1 aliphatic rings. The average Bonchev–Trinajstić information content (AvgIpc) is 2.86. The fraction of sp³-hybridized carbons (Fsp3) is 0.667. The van der Waals surface area contributed by atoms with E-state index in [4.69, 9.17) is 9.47 Å². The van der Waals surface area contributed by atoms with E-state index in [9.17, 15) is 0 Å². The molecular formula is C9H14N2O2. The zero-order chi connectivity index (χ0) is 9.26. The lowest BCUT2D eigenvalue weighted by Gasteiger charge is -2.04. The molecule has 0 saturated carbocycles. The van der Waals surface area contributed by atoms with Crippen LogP contribution in [0.4, 0.5) is 0 Å². The molecular weight excluding hydrogens is 168 g/mol. The van der Waals surface area contributed by atoms with Crippen molar-refractivity contribution in [1.29, 1.82) is 0 Å². The molecule has 0 aromatic carbocycles. The number of rotatable bonds is 4. The van der Waals surface area contributed by atoms with Crippen LogP contribution in [0, 0.1) is 0 Å². The molecule has 4 heteroatoms. The van der Waals surface area contributed by atoms with Gasteiger partial charge in [0.25, 0.3) is 0 Å². The molecule has 1 aliphatic heterocycles. The van der Waals surface area contributed by atoms with Crippen LogP contribution in [0.1, 0.15) is 12.6 Å². The molecule has 0 spiro atoms. The quantitative estimate of drug-likeness (QED) is 0.648. The van der Waals surface area contributed by atoms with Gasteiger partial charge in [-0.15, -0.1) is 0 Å². The van der Waals surface area contributed by atoms with Gasteiger partial charge in [-0.1, -0.05) is 0 Å². The van der Waals surface area contributed by atoms with Crippen LogP contribution in [0.3, 0.4) is 0 Å². The lowest BCUT2D eigenvalue weighted by Crippen LogP contribution is -2.06. The minimum absolute atomic E-state index is 0.385. The summed E-state index contributed by atoms with van der Waals surface area (Å²) in [6.07, 6.45) is 3.06. The first-order valence-corrected chi connectivity index (χ1v) is 4.55. The van der Waals surface area contributed by atoms with E-state index in [1.165, 1.54) is 0 Å². The molecule has 0 bridgehead atoms. The van der Waals surface area contributed by atoms with Crippen LogP contribution in [0.5, 0.6) is 5.75 Å². The predicted molar refractivity (Wildman–Crippen MR) is 47.9 cm³/mol. The van der Waals surface area contributed by atoms with Crippen molar-refractivity contribution in [1.82, 2.24) is 9.78 Å². The zero-order valence-corrected chi connectivity index (χ0v) is 7.99. The number of aryl methyl sites for hydroxylation is 1. The summed E-state index contributed by atoms with van der Waals surface area (Å²) < 4.78 is 12.4. The zero-order valence-electron chi connectivity index (χ0n) is 7.99. The topological polar surface area (TPSA) is 39.6 Å². The van der Waals surface area contributed by atoms with Gasteiger partial charge in [0.15, 0.2) is 5.75 Å². The SMILES string of the molecule is CCn1ncc(OC)c1CC1CO1. The molecule has 1 saturated heterocycles. The fourth-order valence-corrected chi connectivity index (χ4v) is 1.44. The largest absolute Gasteiger partial charge is 0.493 e. The Bertz CT molecular complexity index is 270. The average molecular weight is 182 g/mol. The van der Waals surface area contributed by atoms with E-state index in [-0.39, 0.29) is 0 Å². The highest BCUT2D eigenvalue weighted by Gasteiger charge is 2.26. The van der Waals surface area contributed by atoms with Crippen LogP contribution in [-0.2, 0) is 17.7 Å². The Labute approximate surface area is 77.4 Å². The van der Waals surface area contributed by atoms with Gasteiger partial charge in [-0.2, -0.15) is 5.10 Å². The van der Waals surface area contributed by atoms with E-state index >= 15 is 0 Å². The van der Waals surface area contributed by atoms with Crippen LogP contribution in [0.25, 0.3) is 0 Å². The molecule has 1 aromatic rings. The summed E-state index contributed by atoms with van der Waals surface area (Å²) in [7, 11) is 1.67. The number of nitrogens with zero attached hydrogens (tertiary/aromatic N) is 2. The smallest absolute Gasteiger partial charge is 0.160 e. The lowest BCUT2D eigenvalue weighted by molar-refractivity contribution is 0.384. The Hall–Kier alpha value is -1.03. The third kappa shape index (κ3) is 1.67. The fourth-order valence-electron chi connectivity index (χ4n) is 1.44. The highest BCUT2D eigenvalue weighted by atomic mass is 16.6. The highest BCUT2D eigenvalue weighted by Crippen LogP contribution is 2.23. The molecule has 1 fully saturated rings. The Kier molecular flexibility index (Phi) is 2.22. The summed E-state index contributed by atoms with van der Waals surface area (Å²) >= 11 is 0. The second kappa shape index (κ2) is 3.38. The summed E-state index contributed by atoms with van der Waals surface area (Å²) in [4.78, 5) is 0. The van der Waals surface area contributed by atoms with E-state index in [1.807, 2.05) is 4.68 Å². The van der Waals surface area contributed by atoms with Crippen molar-refractivity contribution in [3.05, 3.63) is 11.9 Å². The first kappa shape index (κ1) is 8.56. The van der Waals surface area contributed by atoms with Gasteiger partial charge in [-0.25, -0.2) is 0 Å². The van der Waals surface area contributed by atoms with Gasteiger partial charge < -0.3 is 9.47 Å². The molecule has 0 N–H and O–H groups in total. The van der Waals surface area contributed by atoms with Gasteiger partial charge in [0, 0.05) is 13.0 Å². The van der Waals surface area contributed by atoms with Crippen LogP contribution >= 0.6 is 0 Å². The highest BCUT2D eigenvalue weighted by molar-refractivity contribution is 5.26. The normalized spacial score (nSPS) is 20.3. The van der Waals surface area contributed by atoms with Crippen LogP contribution in [-0.4, -0.2) is 29.6 Å². The second-order valence-corrected chi connectivity index (χ2v) is 3.13. The van der Waals surface area contributed by atoms with E-state index < -0.39 is 0 Å². The first-order chi connectivity index (χ1) is 6.35. The predicted octanol–water partition coefficient (Wildman–Crippen LogP) is 0.853. The van der Waals surface area contributed by atoms with E-state index in [0.29, 0.717) is 6.10 Å². The molecule has 72 valence electrons. The number of ether oxygens (including phenoxy) is 2. The maximum Gasteiger partial charge on any atom is 0.160 e. The monoisotopic (exact) mass is 182 g/mol. The van der Waals surface area contributed by atoms with Crippen molar-refractivity contribution in [3.63, 3.8) is 0 Å². The Morgan fingerprint density at radius 1 is 1.77 bits per heavy atom. The van der Waals surface area contributed by atoms with Crippen molar-refractivity contribution in [2.75, 3.05) is 13.7 Å². The molecule has 0 aliphatic carbocycles. The van der Waals surface area contributed by atoms with Crippen molar-refractivity contribution >= 4 is 0 Å². The van der Waals surface area contributed by atoms with Crippen molar-refractivity contribution in [2.45, 2.75) is 26.0 Å². The number of epoxide rings is 1. The van der Waals surface area contributed by atoms with E-state index in [0.717, 1.165) is 31.0 Å². The van der Waals surface area contributed by atoms with Crippen LogP contribution in [0.15, 0.2) is 6.20 Å². The summed E-state index contributed by atoms with van der Waals surface area (Å²) in [6, 6.07) is 0. The van der Waals surface area contributed by atoms with Gasteiger partial charge in [0.1, 0.15) is 0 Å². The van der Waals surface area contributed by atoms with E-state index in [2.05, 4.69) is 12.0 Å². The van der Waals surface area contributed by atoms with Crippen molar-refractivity contribution < 1.29 is 9.47 Å². The van der Waals surface area contributed by atoms with E-state index in [1.54, 1.807) is 13.3 Å². The molecule has 1 aromatic heterocycles. The Morgan fingerprint density at radius 2 is 2.54 bits per heavy atom. The minimum atomic E-state index is 0.385. The summed E-state index contributed by atoms with van der Waals surface area (Å²) in [5, 5.41) is 4.22. The molecule has 2 rings (SSSR count). The standard InChI is InChI=1S/C9H14N2O2/c1-3-11-8(4-7-6-13-7)9(12-2)5-10-11/h5,7H,3-4,6H2,1-2H3. The Balaban J connectivity index is 2.20. The van der Waals surface area contributed by atoms with Crippen LogP contribution in [0.2, 0.25) is 0 Å². The number of methoxy groups -OCH3 is 1. The van der Waals surface area contributed by atoms with Gasteiger partial charge in [0.2, 0.25) is 0 Å². The summed E-state index contributed by atoms with van der Waals surface area (Å²) in [5.41, 5.74) is 1.15. The minimum Gasteiger partial charge on any atom is -0.493 e. The van der Waals surface area contributed by atoms with Crippen molar-refractivity contribution in [3.8, 4) is 5.75 Å². The van der Waals surface area contributed by atoms with Gasteiger partial charge >= 0.3 is 0 Å². The number of hydrogen-bond donors (Lipinski definition) is 0. The summed E-state index contributed by atoms with van der Waals surface area (Å²) in [6.45, 7) is 3.83. The van der Waals surface area contributed by atoms with Gasteiger partial charge in [-0.3, -0.25) is 4.68 Å². The lowest BCUT2D eigenvalue weighted by atomic mass is 10.2. The molecule has 1 atom stereocenters. The third-order valence-corrected chi connectivity index (χ3v) is 2.25. The maximum atomic E-state index is 5.22. The first-order valence-electron chi connectivity index (χ1n) is 4.55. The molecule has 0 radical (unpaired) electrons. The molecule has 0 amide bonds. The molecule has 2 heterocycles. The Morgan fingerprint density at radius 3 is 3.08 bits per heavy atom.